The van der Waals surface area contributed by atoms with Crippen LogP contribution in [0.25, 0.3) is 0 Å². The molecule has 1 rings (SSSR count). The van der Waals surface area contributed by atoms with Gasteiger partial charge in [0.25, 0.3) is 0 Å². The average Bonchev–Trinajstić information content (AvgIpc) is 2.40. The lowest BCUT2D eigenvalue weighted by atomic mass is 10.4. The second kappa shape index (κ2) is 4.27. The molecule has 1 heteroatoms. The summed E-state index contributed by atoms with van der Waals surface area (Å²) in [5, 5.41) is 1.90. The molecule has 0 aliphatic heterocycles. The summed E-state index contributed by atoms with van der Waals surface area (Å²) in [5.74, 6) is 0. The molecule has 0 bridgehead atoms. The first-order valence-corrected chi connectivity index (χ1v) is 5.42. The Labute approximate surface area is 68.8 Å². The van der Waals surface area contributed by atoms with Crippen LogP contribution in [0.5, 0.6) is 0 Å². The summed E-state index contributed by atoms with van der Waals surface area (Å²) in [6, 6.07) is 0. The fraction of sp³-hybridized carbons (Fsp3) is 1.00. The highest BCUT2D eigenvalue weighted by Gasteiger charge is 2.16. The minimum Gasteiger partial charge on any atom is -0.155 e. The molecule has 1 aliphatic rings. The van der Waals surface area contributed by atoms with Gasteiger partial charge < -0.3 is 0 Å². The van der Waals surface area contributed by atoms with Gasteiger partial charge in [-0.1, -0.05) is 26.7 Å². The fourth-order valence-corrected chi connectivity index (χ4v) is 2.90. The van der Waals surface area contributed by atoms with Gasteiger partial charge in [-0.05, 0) is 19.3 Å². The predicted octanol–water partition coefficient (Wildman–Crippen LogP) is 3.46. The topological polar surface area (TPSA) is 0 Å². The molecule has 0 saturated heterocycles. The lowest BCUT2D eigenvalue weighted by Gasteiger charge is -2.13. The molecule has 0 aromatic heterocycles. The van der Waals surface area contributed by atoms with Gasteiger partial charge in [0, 0.05) is 10.5 Å². The molecule has 0 aromatic rings. The summed E-state index contributed by atoms with van der Waals surface area (Å²) in [5.41, 5.74) is 0. The van der Waals surface area contributed by atoms with Crippen molar-refractivity contribution in [3.05, 3.63) is 0 Å². The summed E-state index contributed by atoms with van der Waals surface area (Å²) in [6.07, 6.45) is 7.26. The van der Waals surface area contributed by atoms with Crippen molar-refractivity contribution in [1.29, 1.82) is 0 Å². The maximum Gasteiger partial charge on any atom is 0.00497 e. The van der Waals surface area contributed by atoms with Crippen molar-refractivity contribution in [2.45, 2.75) is 56.5 Å². The quantitative estimate of drug-likeness (QED) is 0.606. The van der Waals surface area contributed by atoms with Gasteiger partial charge in [-0.25, -0.2) is 0 Å². The fourth-order valence-electron chi connectivity index (χ4n) is 1.45. The maximum atomic E-state index is 2.35. The van der Waals surface area contributed by atoms with E-state index < -0.39 is 0 Å². The van der Waals surface area contributed by atoms with Gasteiger partial charge in [-0.2, -0.15) is 11.8 Å². The van der Waals surface area contributed by atoms with Crippen LogP contribution in [0.2, 0.25) is 0 Å². The zero-order valence-electron chi connectivity index (χ0n) is 7.10. The van der Waals surface area contributed by atoms with Crippen LogP contribution in [-0.4, -0.2) is 10.5 Å². The Balaban J connectivity index is 2.11. The van der Waals surface area contributed by atoms with E-state index in [0.717, 1.165) is 10.5 Å². The molecule has 1 aliphatic carbocycles. The zero-order chi connectivity index (χ0) is 7.40. The molecule has 0 nitrogen and oxygen atoms in total. The van der Waals surface area contributed by atoms with Crippen molar-refractivity contribution in [3.8, 4) is 0 Å². The number of thioether (sulfide) groups is 1. The van der Waals surface area contributed by atoms with E-state index in [1.807, 2.05) is 0 Å². The first-order valence-electron chi connectivity index (χ1n) is 4.48. The Morgan fingerprint density at radius 1 is 1.40 bits per heavy atom. The average molecular weight is 158 g/mol. The molecule has 1 unspecified atom stereocenters. The zero-order valence-corrected chi connectivity index (χ0v) is 7.91. The van der Waals surface area contributed by atoms with Gasteiger partial charge in [0.15, 0.2) is 0 Å². The van der Waals surface area contributed by atoms with Gasteiger partial charge in [0.2, 0.25) is 0 Å². The normalized spacial score (nSPS) is 23.4. The van der Waals surface area contributed by atoms with E-state index in [1.165, 1.54) is 32.1 Å². The van der Waals surface area contributed by atoms with Crippen LogP contribution in [-0.2, 0) is 0 Å². The Bertz CT molecular complexity index is 84.7. The molecule has 0 spiro atoms. The van der Waals surface area contributed by atoms with Crippen molar-refractivity contribution >= 4 is 11.8 Å². The predicted molar refractivity (Wildman–Crippen MR) is 49.6 cm³/mol. The summed E-state index contributed by atoms with van der Waals surface area (Å²) in [7, 11) is 0. The number of rotatable bonds is 3. The van der Waals surface area contributed by atoms with Gasteiger partial charge in [0.05, 0.1) is 0 Å². The van der Waals surface area contributed by atoms with E-state index in [2.05, 4.69) is 25.6 Å². The summed E-state index contributed by atoms with van der Waals surface area (Å²) >= 11 is 2.21. The highest BCUT2D eigenvalue weighted by atomic mass is 32.2. The third-order valence-electron chi connectivity index (χ3n) is 2.30. The van der Waals surface area contributed by atoms with E-state index in [1.54, 1.807) is 0 Å². The van der Waals surface area contributed by atoms with Crippen LogP contribution >= 0.6 is 11.8 Å². The molecule has 0 N–H and O–H groups in total. The first-order chi connectivity index (χ1) is 4.83. The van der Waals surface area contributed by atoms with Crippen molar-refractivity contribution < 1.29 is 0 Å². The van der Waals surface area contributed by atoms with Gasteiger partial charge in [-0.15, -0.1) is 0 Å². The van der Waals surface area contributed by atoms with Crippen molar-refractivity contribution in [1.82, 2.24) is 0 Å². The number of hydrogen-bond donors (Lipinski definition) is 0. The molecule has 0 radical (unpaired) electrons. The van der Waals surface area contributed by atoms with E-state index in [-0.39, 0.29) is 0 Å². The SMILES string of the molecule is CCC(C)SC1CCCC1. The van der Waals surface area contributed by atoms with Crippen LogP contribution in [0.3, 0.4) is 0 Å². The second-order valence-electron chi connectivity index (χ2n) is 3.26. The minimum atomic E-state index is 0.892. The van der Waals surface area contributed by atoms with E-state index in [4.69, 9.17) is 0 Å². The maximum absolute atomic E-state index is 2.35. The van der Waals surface area contributed by atoms with Crippen LogP contribution in [0.15, 0.2) is 0 Å². The van der Waals surface area contributed by atoms with Crippen LogP contribution < -0.4 is 0 Å². The second-order valence-corrected chi connectivity index (χ2v) is 5.00. The minimum absolute atomic E-state index is 0.892. The highest BCUT2D eigenvalue weighted by Crippen LogP contribution is 2.32. The van der Waals surface area contributed by atoms with Crippen LogP contribution in [0, 0.1) is 0 Å². The molecule has 1 saturated carbocycles. The lowest BCUT2D eigenvalue weighted by molar-refractivity contribution is 0.859. The van der Waals surface area contributed by atoms with E-state index >= 15 is 0 Å². The molecular formula is C9H18S. The number of hydrogen-bond acceptors (Lipinski definition) is 1. The molecule has 1 fully saturated rings. The summed E-state index contributed by atoms with van der Waals surface area (Å²) in [4.78, 5) is 0. The van der Waals surface area contributed by atoms with Crippen LogP contribution in [0.4, 0.5) is 0 Å². The molecule has 0 aromatic carbocycles. The molecule has 60 valence electrons. The van der Waals surface area contributed by atoms with Gasteiger partial charge in [0.1, 0.15) is 0 Å². The highest BCUT2D eigenvalue weighted by molar-refractivity contribution is 8.00. The Hall–Kier alpha value is 0.350. The Kier molecular flexibility index (Phi) is 3.61. The van der Waals surface area contributed by atoms with Crippen molar-refractivity contribution in [2.24, 2.45) is 0 Å². The van der Waals surface area contributed by atoms with Gasteiger partial charge >= 0.3 is 0 Å². The first kappa shape index (κ1) is 8.45. The Morgan fingerprint density at radius 3 is 2.50 bits per heavy atom. The molecular weight excluding hydrogens is 140 g/mol. The van der Waals surface area contributed by atoms with E-state index in [9.17, 15) is 0 Å². The summed E-state index contributed by atoms with van der Waals surface area (Å²) in [6.45, 7) is 4.63. The van der Waals surface area contributed by atoms with Crippen LogP contribution in [0.1, 0.15) is 46.0 Å². The third-order valence-corrected chi connectivity index (χ3v) is 3.96. The lowest BCUT2D eigenvalue weighted by Crippen LogP contribution is -2.02. The van der Waals surface area contributed by atoms with Crippen molar-refractivity contribution in [2.75, 3.05) is 0 Å². The van der Waals surface area contributed by atoms with Crippen molar-refractivity contribution in [3.63, 3.8) is 0 Å². The monoisotopic (exact) mass is 158 g/mol. The van der Waals surface area contributed by atoms with E-state index in [0.29, 0.717) is 0 Å². The third kappa shape index (κ3) is 2.53. The summed E-state index contributed by atoms with van der Waals surface area (Å²) < 4.78 is 0. The molecule has 10 heavy (non-hydrogen) atoms. The molecule has 0 amide bonds. The molecule has 0 heterocycles. The smallest absolute Gasteiger partial charge is 0.00497 e. The largest absolute Gasteiger partial charge is 0.155 e. The van der Waals surface area contributed by atoms with Gasteiger partial charge in [-0.3, -0.25) is 0 Å². The Morgan fingerprint density at radius 2 is 2.00 bits per heavy atom. The standard InChI is InChI=1S/C9H18S/c1-3-8(2)10-9-6-4-5-7-9/h8-9H,3-7H2,1-2H3. The molecule has 1 atom stereocenters.